The highest BCUT2D eigenvalue weighted by Gasteiger charge is 2.10. The van der Waals surface area contributed by atoms with Crippen molar-refractivity contribution in [1.29, 1.82) is 0 Å². The smallest absolute Gasteiger partial charge is 0.338 e. The van der Waals surface area contributed by atoms with E-state index < -0.39 is 0 Å². The molecule has 98 valence electrons. The van der Waals surface area contributed by atoms with E-state index in [0.29, 0.717) is 18.8 Å². The van der Waals surface area contributed by atoms with Crippen LogP contribution in [0.1, 0.15) is 36.2 Å². The van der Waals surface area contributed by atoms with Crippen LogP contribution in [0.3, 0.4) is 0 Å². The average molecular weight is 248 g/mol. The molecule has 1 rings (SSSR count). The van der Waals surface area contributed by atoms with Crippen molar-refractivity contribution in [3.05, 3.63) is 41.5 Å². The maximum atomic E-state index is 11.6. The van der Waals surface area contributed by atoms with Gasteiger partial charge in [0.2, 0.25) is 0 Å². The Bertz CT molecular complexity index is 422. The first-order chi connectivity index (χ1) is 8.69. The summed E-state index contributed by atoms with van der Waals surface area (Å²) in [7, 11) is 0. The van der Waals surface area contributed by atoms with Crippen molar-refractivity contribution in [3.8, 4) is 5.75 Å². The molecule has 3 heteroatoms. The molecular formula is C15H20O3. The lowest BCUT2D eigenvalue weighted by Crippen LogP contribution is -2.06. The van der Waals surface area contributed by atoms with E-state index >= 15 is 0 Å². The first-order valence-electron chi connectivity index (χ1n) is 6.24. The first-order valence-corrected chi connectivity index (χ1v) is 6.24. The van der Waals surface area contributed by atoms with Gasteiger partial charge in [-0.15, -0.1) is 0 Å². The Morgan fingerprint density at radius 3 is 2.67 bits per heavy atom. The molecule has 0 fully saturated rings. The van der Waals surface area contributed by atoms with Crippen molar-refractivity contribution in [2.45, 2.75) is 27.2 Å². The van der Waals surface area contributed by atoms with Gasteiger partial charge in [-0.1, -0.05) is 19.1 Å². The van der Waals surface area contributed by atoms with Gasteiger partial charge in [0, 0.05) is 0 Å². The monoisotopic (exact) mass is 248 g/mol. The second-order valence-corrected chi connectivity index (χ2v) is 3.89. The Balaban J connectivity index is 2.67. The van der Waals surface area contributed by atoms with E-state index in [1.165, 1.54) is 0 Å². The predicted molar refractivity (Wildman–Crippen MR) is 72.1 cm³/mol. The summed E-state index contributed by atoms with van der Waals surface area (Å²) in [5.74, 6) is 0.480. The largest absolute Gasteiger partial charge is 0.490 e. The van der Waals surface area contributed by atoms with Gasteiger partial charge in [0.15, 0.2) is 0 Å². The molecule has 0 aliphatic heterocycles. The standard InChI is InChI=1S/C15H20O3/c1-4-6-7-10-18-13-8-9-14(12(3)11-13)15(16)17-5-2/h6-9,11H,4-5,10H2,1-3H3/b7-6-. The number of esters is 1. The molecule has 0 heterocycles. The Hall–Kier alpha value is -1.77. The van der Waals surface area contributed by atoms with Crippen LogP contribution in [0.4, 0.5) is 0 Å². The third-order valence-corrected chi connectivity index (χ3v) is 2.44. The van der Waals surface area contributed by atoms with Gasteiger partial charge in [-0.05, 0) is 44.0 Å². The highest BCUT2D eigenvalue weighted by molar-refractivity contribution is 5.91. The number of benzene rings is 1. The fourth-order valence-corrected chi connectivity index (χ4v) is 1.54. The average Bonchev–Trinajstić information content (AvgIpc) is 2.35. The summed E-state index contributed by atoms with van der Waals surface area (Å²) in [5, 5.41) is 0. The molecular weight excluding hydrogens is 228 g/mol. The Labute approximate surface area is 108 Å². The van der Waals surface area contributed by atoms with Crippen molar-refractivity contribution in [1.82, 2.24) is 0 Å². The molecule has 1 aromatic rings. The number of aryl methyl sites for hydroxylation is 1. The van der Waals surface area contributed by atoms with E-state index in [4.69, 9.17) is 9.47 Å². The third kappa shape index (κ3) is 4.24. The minimum Gasteiger partial charge on any atom is -0.490 e. The summed E-state index contributed by atoms with van der Waals surface area (Å²) in [5.41, 5.74) is 1.46. The van der Waals surface area contributed by atoms with E-state index in [0.717, 1.165) is 17.7 Å². The molecule has 0 N–H and O–H groups in total. The highest BCUT2D eigenvalue weighted by Crippen LogP contribution is 2.18. The Morgan fingerprint density at radius 1 is 1.28 bits per heavy atom. The van der Waals surface area contributed by atoms with Gasteiger partial charge < -0.3 is 9.47 Å². The number of hydrogen-bond acceptors (Lipinski definition) is 3. The Kier molecular flexibility index (Phi) is 5.98. The van der Waals surface area contributed by atoms with Gasteiger partial charge in [0.1, 0.15) is 12.4 Å². The molecule has 18 heavy (non-hydrogen) atoms. The molecule has 0 spiro atoms. The number of allylic oxidation sites excluding steroid dienone is 1. The second-order valence-electron chi connectivity index (χ2n) is 3.89. The van der Waals surface area contributed by atoms with Gasteiger partial charge in [-0.25, -0.2) is 4.79 Å². The maximum Gasteiger partial charge on any atom is 0.338 e. The number of carbonyl (C=O) groups excluding carboxylic acids is 1. The molecule has 0 radical (unpaired) electrons. The summed E-state index contributed by atoms with van der Waals surface area (Å²) in [6.45, 7) is 6.69. The predicted octanol–water partition coefficient (Wildman–Crippen LogP) is 3.52. The quantitative estimate of drug-likeness (QED) is 0.571. The molecule has 0 bridgehead atoms. The van der Waals surface area contributed by atoms with E-state index in [2.05, 4.69) is 13.0 Å². The molecule has 0 atom stereocenters. The van der Waals surface area contributed by atoms with Crippen LogP contribution in [0, 0.1) is 6.92 Å². The van der Waals surface area contributed by atoms with Gasteiger partial charge >= 0.3 is 5.97 Å². The maximum absolute atomic E-state index is 11.6. The fraction of sp³-hybridized carbons (Fsp3) is 0.400. The number of rotatable bonds is 6. The van der Waals surface area contributed by atoms with Gasteiger partial charge in [-0.2, -0.15) is 0 Å². The normalized spacial score (nSPS) is 10.6. The van der Waals surface area contributed by atoms with E-state index in [-0.39, 0.29) is 5.97 Å². The molecule has 3 nitrogen and oxygen atoms in total. The van der Waals surface area contributed by atoms with Crippen molar-refractivity contribution >= 4 is 5.97 Å². The number of hydrogen-bond donors (Lipinski definition) is 0. The number of ether oxygens (including phenoxy) is 2. The topological polar surface area (TPSA) is 35.5 Å². The van der Waals surface area contributed by atoms with Gasteiger partial charge in [0.25, 0.3) is 0 Å². The summed E-state index contributed by atoms with van der Waals surface area (Å²) in [6, 6.07) is 5.39. The van der Waals surface area contributed by atoms with Crippen LogP contribution in [-0.4, -0.2) is 19.2 Å². The second kappa shape index (κ2) is 7.54. The van der Waals surface area contributed by atoms with Crippen LogP contribution in [0.5, 0.6) is 5.75 Å². The molecule has 0 saturated carbocycles. The molecule has 1 aromatic carbocycles. The van der Waals surface area contributed by atoms with Crippen molar-refractivity contribution in [3.63, 3.8) is 0 Å². The summed E-state index contributed by atoms with van der Waals surface area (Å²) in [6.07, 6.45) is 5.04. The molecule has 0 unspecified atom stereocenters. The fourth-order valence-electron chi connectivity index (χ4n) is 1.54. The lowest BCUT2D eigenvalue weighted by atomic mass is 10.1. The van der Waals surface area contributed by atoms with Crippen molar-refractivity contribution in [2.24, 2.45) is 0 Å². The van der Waals surface area contributed by atoms with Gasteiger partial charge in [0.05, 0.1) is 12.2 Å². The lowest BCUT2D eigenvalue weighted by molar-refractivity contribution is 0.0525. The number of carbonyl (C=O) groups is 1. The van der Waals surface area contributed by atoms with Crippen molar-refractivity contribution in [2.75, 3.05) is 13.2 Å². The Morgan fingerprint density at radius 2 is 2.06 bits per heavy atom. The van der Waals surface area contributed by atoms with Crippen molar-refractivity contribution < 1.29 is 14.3 Å². The van der Waals surface area contributed by atoms with Crippen LogP contribution in [0.25, 0.3) is 0 Å². The van der Waals surface area contributed by atoms with Crippen LogP contribution in [0.15, 0.2) is 30.4 Å². The zero-order chi connectivity index (χ0) is 13.4. The van der Waals surface area contributed by atoms with E-state index in [1.807, 2.05) is 19.1 Å². The van der Waals surface area contributed by atoms with Crippen LogP contribution in [0.2, 0.25) is 0 Å². The van der Waals surface area contributed by atoms with Crippen LogP contribution in [-0.2, 0) is 4.74 Å². The zero-order valence-corrected chi connectivity index (χ0v) is 11.2. The van der Waals surface area contributed by atoms with Gasteiger partial charge in [-0.3, -0.25) is 0 Å². The SMILES string of the molecule is CC/C=C\COc1ccc(C(=O)OCC)c(C)c1. The molecule has 0 aliphatic rings. The molecule has 0 saturated heterocycles. The lowest BCUT2D eigenvalue weighted by Gasteiger charge is -2.08. The first kappa shape index (κ1) is 14.3. The van der Waals surface area contributed by atoms with Crippen LogP contribution < -0.4 is 4.74 Å². The zero-order valence-electron chi connectivity index (χ0n) is 11.2. The third-order valence-electron chi connectivity index (χ3n) is 2.44. The molecule has 0 aromatic heterocycles. The highest BCUT2D eigenvalue weighted by atomic mass is 16.5. The minimum absolute atomic E-state index is 0.285. The van der Waals surface area contributed by atoms with Crippen LogP contribution >= 0.6 is 0 Å². The summed E-state index contributed by atoms with van der Waals surface area (Å²) >= 11 is 0. The molecule has 0 aliphatic carbocycles. The van der Waals surface area contributed by atoms with E-state index in [1.54, 1.807) is 19.1 Å². The molecule has 0 amide bonds. The minimum atomic E-state index is -0.285. The summed E-state index contributed by atoms with van der Waals surface area (Å²) in [4.78, 5) is 11.6. The summed E-state index contributed by atoms with van der Waals surface area (Å²) < 4.78 is 10.5. The van der Waals surface area contributed by atoms with E-state index in [9.17, 15) is 4.79 Å².